The molecule has 4 fully saturated rings. The normalized spacial score (nSPS) is 26.6. The largest absolute Gasteiger partial charge is 0.438 e. The molecular formula is C33H40ClF4N4O12PS. The number of halogens is 5. The van der Waals surface area contributed by atoms with Crippen molar-refractivity contribution in [2.75, 3.05) is 30.1 Å². The average molecular weight is 859 g/mol. The van der Waals surface area contributed by atoms with E-state index in [4.69, 9.17) is 34.9 Å². The maximum Gasteiger partial charge on any atom is 0.351 e. The van der Waals surface area contributed by atoms with Crippen molar-refractivity contribution in [1.29, 1.82) is 5.26 Å². The summed E-state index contributed by atoms with van der Waals surface area (Å²) in [5, 5.41) is 35.4. The van der Waals surface area contributed by atoms with Crippen molar-refractivity contribution in [3.63, 3.8) is 0 Å². The van der Waals surface area contributed by atoms with E-state index in [9.17, 15) is 55.6 Å². The van der Waals surface area contributed by atoms with Crippen LogP contribution in [0.1, 0.15) is 77.0 Å². The third kappa shape index (κ3) is 8.82. The summed E-state index contributed by atoms with van der Waals surface area (Å²) >= 11 is 6.38. The van der Waals surface area contributed by atoms with Crippen LogP contribution in [0.2, 0.25) is 5.15 Å². The SMILES string of the molecule is CC1(C(=O)OCOP(=O)(CS(=O)(=O)C[C@H]2O[C@@H](n3ccc4c(NC5CCCC5)c(C#N)c(Cl)nc43)[C@H](O)[C@@H]2O)OCOC(=O)C2(C)CC(F)(F)C2)CC(F)(F)C1. The number of pyridine rings is 1. The molecule has 2 aromatic heterocycles. The highest BCUT2D eigenvalue weighted by Gasteiger charge is 2.60. The lowest BCUT2D eigenvalue weighted by Crippen LogP contribution is -2.50. The molecular weight excluding hydrogens is 819 g/mol. The van der Waals surface area contributed by atoms with Crippen molar-refractivity contribution < 1.29 is 73.6 Å². The van der Waals surface area contributed by atoms with Crippen molar-refractivity contribution in [2.24, 2.45) is 10.8 Å². The number of nitrogens with zero attached hydrogens (tertiary/aromatic N) is 3. The van der Waals surface area contributed by atoms with Gasteiger partial charge in [-0.1, -0.05) is 24.4 Å². The number of rotatable bonds is 15. The highest BCUT2D eigenvalue weighted by molar-refractivity contribution is 7.97. The van der Waals surface area contributed by atoms with Crippen LogP contribution in [0.5, 0.6) is 0 Å². The molecule has 16 nitrogen and oxygen atoms in total. The summed E-state index contributed by atoms with van der Waals surface area (Å²) < 4.78 is 121. The van der Waals surface area contributed by atoms with E-state index in [1.54, 1.807) is 6.07 Å². The minimum Gasteiger partial charge on any atom is -0.438 e. The Morgan fingerprint density at radius 1 is 1.04 bits per heavy atom. The topological polar surface area (TPSA) is 226 Å². The Morgan fingerprint density at radius 2 is 1.57 bits per heavy atom. The maximum atomic E-state index is 13.8. The zero-order chi connectivity index (χ0) is 41.1. The van der Waals surface area contributed by atoms with E-state index in [2.05, 4.69) is 10.3 Å². The molecule has 56 heavy (non-hydrogen) atoms. The van der Waals surface area contributed by atoms with Gasteiger partial charge in [-0.15, -0.1) is 0 Å². The van der Waals surface area contributed by atoms with Gasteiger partial charge in [-0.3, -0.25) is 23.2 Å². The smallest absolute Gasteiger partial charge is 0.351 e. The first kappa shape index (κ1) is 42.5. The molecule has 6 rings (SSSR count). The summed E-state index contributed by atoms with van der Waals surface area (Å²) in [6, 6.07) is 3.69. The summed E-state index contributed by atoms with van der Waals surface area (Å²) in [5.41, 5.74) is -4.06. The van der Waals surface area contributed by atoms with E-state index in [0.29, 0.717) is 11.1 Å². The van der Waals surface area contributed by atoms with Crippen LogP contribution in [0.15, 0.2) is 12.3 Å². The van der Waals surface area contributed by atoms with Crippen molar-refractivity contribution in [2.45, 2.75) is 108 Å². The number of aliphatic hydroxyl groups is 2. The first-order valence-corrected chi connectivity index (χ1v) is 21.5. The number of alkyl halides is 4. The van der Waals surface area contributed by atoms with Gasteiger partial charge in [-0.2, -0.15) is 5.26 Å². The third-order valence-corrected chi connectivity index (χ3v) is 15.4. The minimum absolute atomic E-state index is 0.0676. The first-order chi connectivity index (χ1) is 26.0. The molecule has 0 aromatic carbocycles. The minimum atomic E-state index is -5.01. The lowest BCUT2D eigenvalue weighted by atomic mass is 9.67. The molecule has 3 heterocycles. The van der Waals surface area contributed by atoms with Crippen LogP contribution in [0, 0.1) is 22.2 Å². The number of sulfone groups is 1. The van der Waals surface area contributed by atoms with Gasteiger partial charge >= 0.3 is 19.5 Å². The number of hydrogen-bond acceptors (Lipinski definition) is 15. The number of aromatic nitrogens is 2. The molecule has 3 aliphatic carbocycles. The summed E-state index contributed by atoms with van der Waals surface area (Å²) in [5.74, 6) is -9.65. The predicted octanol–water partition coefficient (Wildman–Crippen LogP) is 5.01. The molecule has 4 atom stereocenters. The van der Waals surface area contributed by atoms with Gasteiger partial charge in [0.2, 0.25) is 25.4 Å². The lowest BCUT2D eigenvalue weighted by Gasteiger charge is -2.42. The Hall–Kier alpha value is -3.09. The number of ether oxygens (including phenoxy) is 3. The number of carbonyl (C=O) groups is 2. The fraction of sp³-hybridized carbons (Fsp3) is 0.697. The Morgan fingerprint density at radius 3 is 2.07 bits per heavy atom. The Balaban J connectivity index is 1.15. The van der Waals surface area contributed by atoms with Crippen LogP contribution in [-0.4, -0.2) is 101 Å². The van der Waals surface area contributed by atoms with Crippen molar-refractivity contribution in [3.05, 3.63) is 23.0 Å². The zero-order valence-electron chi connectivity index (χ0n) is 30.1. The number of anilines is 1. The Bertz CT molecular complexity index is 2010. The highest BCUT2D eigenvalue weighted by Crippen LogP contribution is 2.55. The van der Waals surface area contributed by atoms with Crippen LogP contribution < -0.4 is 5.32 Å². The molecule has 0 bridgehead atoms. The molecule has 0 amide bonds. The molecule has 310 valence electrons. The van der Waals surface area contributed by atoms with Crippen LogP contribution in [0.3, 0.4) is 0 Å². The van der Waals surface area contributed by atoms with Crippen LogP contribution in [0.25, 0.3) is 11.0 Å². The summed E-state index contributed by atoms with van der Waals surface area (Å²) in [4.78, 5) is 29.2. The highest BCUT2D eigenvalue weighted by atomic mass is 35.5. The van der Waals surface area contributed by atoms with E-state index in [-0.39, 0.29) is 22.4 Å². The Labute approximate surface area is 323 Å². The van der Waals surface area contributed by atoms with Gasteiger partial charge in [0.15, 0.2) is 26.7 Å². The number of nitrogens with one attached hydrogen (secondary N) is 1. The van der Waals surface area contributed by atoms with E-state index in [0.717, 1.165) is 25.7 Å². The molecule has 3 N–H and O–H groups in total. The zero-order valence-corrected chi connectivity index (χ0v) is 32.6. The number of aliphatic hydroxyl groups excluding tert-OH is 2. The van der Waals surface area contributed by atoms with Crippen LogP contribution in [-0.2, 0) is 47.2 Å². The molecule has 0 radical (unpaired) electrons. The van der Waals surface area contributed by atoms with Gasteiger partial charge in [-0.25, -0.2) is 31.0 Å². The molecule has 1 saturated heterocycles. The second kappa shape index (κ2) is 15.3. The Kier molecular flexibility index (Phi) is 11.6. The summed E-state index contributed by atoms with van der Waals surface area (Å²) in [6.45, 7) is -0.0867. The first-order valence-electron chi connectivity index (χ1n) is 17.6. The second-order valence-electron chi connectivity index (χ2n) is 15.4. The van der Waals surface area contributed by atoms with Gasteiger partial charge < -0.3 is 34.3 Å². The van der Waals surface area contributed by atoms with Gasteiger partial charge in [-0.05, 0) is 32.8 Å². The standard InChI is InChI=1S/C33H40ClF4N4O12PS/c1-30(11-32(35,36)12-30)28(45)50-15-52-55(47,53-16-51-29(46)31(2)13-33(37,38)14-31)17-56(48,49)10-21-23(43)24(44)27(54-21)42-8-7-19-22(40-18-5-3-4-6-18)20(9-39)25(34)41-26(19)42/h7-8,18,21,23-24,27,43-44H,3-6,10-17H2,1-2H3,(H,40,41)/t21-,23-,24-,27-/m1/s1. The predicted molar refractivity (Wildman–Crippen MR) is 186 cm³/mol. The fourth-order valence-corrected chi connectivity index (χ4v) is 12.2. The van der Waals surface area contributed by atoms with Crippen LogP contribution >= 0.6 is 19.2 Å². The van der Waals surface area contributed by atoms with E-state index in [1.807, 2.05) is 6.07 Å². The lowest BCUT2D eigenvalue weighted by molar-refractivity contribution is -0.201. The number of nitriles is 1. The summed E-state index contributed by atoms with van der Waals surface area (Å²) in [7, 11) is -9.72. The average Bonchev–Trinajstić information content (AvgIpc) is 3.79. The molecule has 0 spiro atoms. The molecule has 3 saturated carbocycles. The van der Waals surface area contributed by atoms with E-state index < -0.39 is 127 Å². The van der Waals surface area contributed by atoms with Gasteiger partial charge in [0.25, 0.3) is 0 Å². The number of carbonyl (C=O) groups excluding carboxylic acids is 2. The fourth-order valence-electron chi connectivity index (χ4n) is 7.76. The molecule has 2 aromatic rings. The van der Waals surface area contributed by atoms with Crippen molar-refractivity contribution in [3.8, 4) is 6.07 Å². The third-order valence-electron chi connectivity index (χ3n) is 10.5. The molecule has 4 aliphatic rings. The number of hydrogen-bond donors (Lipinski definition) is 3. The second-order valence-corrected chi connectivity index (χ2v) is 20.4. The van der Waals surface area contributed by atoms with Gasteiger partial charge in [0.1, 0.15) is 35.6 Å². The van der Waals surface area contributed by atoms with Crippen molar-refractivity contribution >= 4 is 57.7 Å². The van der Waals surface area contributed by atoms with Gasteiger partial charge in [0, 0.05) is 43.3 Å². The molecule has 23 heteroatoms. The van der Waals surface area contributed by atoms with Crippen molar-refractivity contribution in [1.82, 2.24) is 9.55 Å². The van der Waals surface area contributed by atoms with Crippen LogP contribution in [0.4, 0.5) is 23.2 Å². The van der Waals surface area contributed by atoms with Gasteiger partial charge in [0.05, 0.1) is 22.3 Å². The molecule has 0 unspecified atom stereocenters. The quantitative estimate of drug-likeness (QED) is 0.0704. The molecule has 1 aliphatic heterocycles. The number of fused-ring (bicyclic) bond motifs is 1. The monoisotopic (exact) mass is 858 g/mol. The van der Waals surface area contributed by atoms with E-state index in [1.165, 1.54) is 24.6 Å². The summed E-state index contributed by atoms with van der Waals surface area (Å²) in [6.07, 6.45) is -4.88. The van der Waals surface area contributed by atoms with E-state index >= 15 is 0 Å². The maximum absolute atomic E-state index is 13.8. The number of esters is 2.